The number of carbonyl (C=O) groups is 1. The minimum absolute atomic E-state index is 0.0322. The molecule has 112 valence electrons. The van der Waals surface area contributed by atoms with Gasteiger partial charge in [-0.05, 0) is 37.0 Å². The van der Waals surface area contributed by atoms with Crippen LogP contribution >= 0.6 is 10.7 Å². The summed E-state index contributed by atoms with van der Waals surface area (Å²) in [6, 6.07) is 4.42. The topological polar surface area (TPSA) is 63.2 Å². The van der Waals surface area contributed by atoms with Gasteiger partial charge in [-0.15, -0.1) is 0 Å². The van der Waals surface area contributed by atoms with Crippen LogP contribution in [0.4, 0.5) is 0 Å². The Hall–Kier alpha value is -1.07. The van der Waals surface area contributed by atoms with Crippen LogP contribution < -0.4 is 5.32 Å². The number of hydrogen-bond acceptors (Lipinski definition) is 3. The van der Waals surface area contributed by atoms with Gasteiger partial charge in [0.2, 0.25) is 0 Å². The van der Waals surface area contributed by atoms with Crippen LogP contribution in [0.2, 0.25) is 0 Å². The summed E-state index contributed by atoms with van der Waals surface area (Å²) in [5.74, 6) is -0.311. The molecule has 0 aromatic heterocycles. The highest BCUT2D eigenvalue weighted by atomic mass is 35.7. The molecular formula is C14H20ClNO3S. The number of nitrogens with one attached hydrogen (secondary N) is 1. The van der Waals surface area contributed by atoms with Gasteiger partial charge >= 0.3 is 0 Å². The van der Waals surface area contributed by atoms with Crippen LogP contribution in [0.15, 0.2) is 23.1 Å². The number of aryl methyl sites for hydroxylation is 1. The molecule has 1 aromatic carbocycles. The van der Waals surface area contributed by atoms with Gasteiger partial charge in [0.25, 0.3) is 15.0 Å². The molecule has 0 spiro atoms. The lowest BCUT2D eigenvalue weighted by Crippen LogP contribution is -2.41. The highest BCUT2D eigenvalue weighted by Gasteiger charge is 2.23. The monoisotopic (exact) mass is 317 g/mol. The standard InChI is InChI=1S/C14H20ClNO3S/c1-9-6-7-11(8-12(9)20(15,18)19)13(17)16-10(2)14(3,4)5/h6-8,10H,1-5H3,(H,16,17). The third-order valence-electron chi connectivity index (χ3n) is 3.36. The van der Waals surface area contributed by atoms with Gasteiger partial charge in [-0.3, -0.25) is 4.79 Å². The molecule has 0 radical (unpaired) electrons. The molecule has 0 aliphatic heterocycles. The number of carbonyl (C=O) groups excluding carboxylic acids is 1. The van der Waals surface area contributed by atoms with Crippen molar-refractivity contribution >= 4 is 25.6 Å². The Bertz CT molecular complexity index is 618. The first-order valence-electron chi connectivity index (χ1n) is 6.29. The normalized spacial score (nSPS) is 13.9. The van der Waals surface area contributed by atoms with Gasteiger partial charge in [-0.2, -0.15) is 0 Å². The van der Waals surface area contributed by atoms with Crippen molar-refractivity contribution < 1.29 is 13.2 Å². The van der Waals surface area contributed by atoms with E-state index in [2.05, 4.69) is 5.32 Å². The van der Waals surface area contributed by atoms with Gasteiger partial charge in [0, 0.05) is 22.3 Å². The summed E-state index contributed by atoms with van der Waals surface area (Å²) in [7, 11) is 1.51. The van der Waals surface area contributed by atoms with Crippen molar-refractivity contribution in [1.29, 1.82) is 0 Å². The van der Waals surface area contributed by atoms with E-state index in [-0.39, 0.29) is 27.8 Å². The number of benzene rings is 1. The molecule has 0 saturated carbocycles. The molecule has 0 aliphatic carbocycles. The van der Waals surface area contributed by atoms with Crippen LogP contribution in [0.5, 0.6) is 0 Å². The number of halogens is 1. The molecule has 20 heavy (non-hydrogen) atoms. The van der Waals surface area contributed by atoms with E-state index in [0.717, 1.165) is 0 Å². The molecule has 0 bridgehead atoms. The molecule has 0 heterocycles. The Morgan fingerprint density at radius 1 is 1.30 bits per heavy atom. The molecule has 0 fully saturated rings. The van der Waals surface area contributed by atoms with E-state index in [4.69, 9.17) is 10.7 Å². The van der Waals surface area contributed by atoms with Gasteiger partial charge in [0.1, 0.15) is 0 Å². The highest BCUT2D eigenvalue weighted by Crippen LogP contribution is 2.22. The predicted octanol–water partition coefficient (Wildman–Crippen LogP) is 3.09. The molecule has 1 N–H and O–H groups in total. The number of rotatable bonds is 3. The largest absolute Gasteiger partial charge is 0.349 e. The first-order valence-corrected chi connectivity index (χ1v) is 8.60. The van der Waals surface area contributed by atoms with E-state index in [0.29, 0.717) is 5.56 Å². The second-order valence-corrected chi connectivity index (χ2v) is 8.51. The maximum atomic E-state index is 12.1. The lowest BCUT2D eigenvalue weighted by atomic mass is 9.88. The fraction of sp³-hybridized carbons (Fsp3) is 0.500. The number of amides is 1. The van der Waals surface area contributed by atoms with Crippen molar-refractivity contribution in [3.8, 4) is 0 Å². The molecule has 4 nitrogen and oxygen atoms in total. The van der Waals surface area contributed by atoms with Crippen molar-refractivity contribution in [3.05, 3.63) is 29.3 Å². The Morgan fingerprint density at radius 2 is 1.85 bits per heavy atom. The van der Waals surface area contributed by atoms with Gasteiger partial charge in [0.05, 0.1) is 4.90 Å². The van der Waals surface area contributed by atoms with Gasteiger partial charge in [-0.1, -0.05) is 26.8 Å². The third-order valence-corrected chi connectivity index (χ3v) is 4.82. The van der Waals surface area contributed by atoms with Crippen LogP contribution in [0, 0.1) is 12.3 Å². The summed E-state index contributed by atoms with van der Waals surface area (Å²) in [5.41, 5.74) is 0.716. The Kier molecular flexibility index (Phi) is 4.87. The van der Waals surface area contributed by atoms with Crippen molar-refractivity contribution in [2.75, 3.05) is 0 Å². The first-order chi connectivity index (χ1) is 8.93. The second-order valence-electron chi connectivity index (χ2n) is 5.98. The summed E-state index contributed by atoms with van der Waals surface area (Å²) in [5, 5.41) is 2.86. The molecule has 6 heteroatoms. The van der Waals surface area contributed by atoms with Crippen LogP contribution in [-0.4, -0.2) is 20.4 Å². The quantitative estimate of drug-likeness (QED) is 0.871. The summed E-state index contributed by atoms with van der Waals surface area (Å²) in [6.45, 7) is 9.59. The average Bonchev–Trinajstić information content (AvgIpc) is 2.26. The zero-order chi connectivity index (χ0) is 15.7. The zero-order valence-corrected chi connectivity index (χ0v) is 13.9. The van der Waals surface area contributed by atoms with E-state index >= 15 is 0 Å². The highest BCUT2D eigenvalue weighted by molar-refractivity contribution is 8.13. The summed E-state index contributed by atoms with van der Waals surface area (Å²) in [4.78, 5) is 12.1. The van der Waals surface area contributed by atoms with Gasteiger partial charge < -0.3 is 5.32 Å². The zero-order valence-electron chi connectivity index (χ0n) is 12.3. The van der Waals surface area contributed by atoms with Crippen molar-refractivity contribution in [1.82, 2.24) is 5.32 Å². The molecule has 0 aliphatic rings. The predicted molar refractivity (Wildman–Crippen MR) is 80.6 cm³/mol. The van der Waals surface area contributed by atoms with Crippen LogP contribution in [-0.2, 0) is 9.05 Å². The summed E-state index contributed by atoms with van der Waals surface area (Å²) < 4.78 is 22.9. The van der Waals surface area contributed by atoms with Crippen molar-refractivity contribution in [3.63, 3.8) is 0 Å². The molecule has 1 amide bonds. The lowest BCUT2D eigenvalue weighted by molar-refractivity contribution is 0.0910. The maximum Gasteiger partial charge on any atom is 0.261 e. The molecule has 1 atom stereocenters. The summed E-state index contributed by atoms with van der Waals surface area (Å²) >= 11 is 0. The fourth-order valence-electron chi connectivity index (χ4n) is 1.50. The minimum Gasteiger partial charge on any atom is -0.349 e. The average molecular weight is 318 g/mol. The molecular weight excluding hydrogens is 298 g/mol. The minimum atomic E-state index is -3.85. The van der Waals surface area contributed by atoms with E-state index in [9.17, 15) is 13.2 Å². The van der Waals surface area contributed by atoms with Crippen LogP contribution in [0.1, 0.15) is 43.6 Å². The third kappa shape index (κ3) is 4.21. The maximum absolute atomic E-state index is 12.1. The Labute approximate surface area is 124 Å². The Balaban J connectivity index is 3.08. The second kappa shape index (κ2) is 5.74. The van der Waals surface area contributed by atoms with E-state index in [1.807, 2.05) is 27.7 Å². The van der Waals surface area contributed by atoms with Crippen LogP contribution in [0.3, 0.4) is 0 Å². The molecule has 1 aromatic rings. The van der Waals surface area contributed by atoms with E-state index in [1.165, 1.54) is 6.07 Å². The van der Waals surface area contributed by atoms with E-state index in [1.54, 1.807) is 19.1 Å². The molecule has 1 unspecified atom stereocenters. The summed E-state index contributed by atoms with van der Waals surface area (Å²) in [6.07, 6.45) is 0. The van der Waals surface area contributed by atoms with Gasteiger partial charge in [-0.25, -0.2) is 8.42 Å². The van der Waals surface area contributed by atoms with E-state index < -0.39 is 9.05 Å². The van der Waals surface area contributed by atoms with Crippen molar-refractivity contribution in [2.24, 2.45) is 5.41 Å². The van der Waals surface area contributed by atoms with Gasteiger partial charge in [0.15, 0.2) is 0 Å². The fourth-order valence-corrected chi connectivity index (χ4v) is 2.72. The van der Waals surface area contributed by atoms with Crippen LogP contribution in [0.25, 0.3) is 0 Å². The Morgan fingerprint density at radius 3 is 2.30 bits per heavy atom. The SMILES string of the molecule is Cc1ccc(C(=O)NC(C)C(C)(C)C)cc1S(=O)(=O)Cl. The lowest BCUT2D eigenvalue weighted by Gasteiger charge is -2.28. The molecule has 1 rings (SSSR count). The number of hydrogen-bond donors (Lipinski definition) is 1. The smallest absolute Gasteiger partial charge is 0.261 e. The molecule has 0 saturated heterocycles. The first kappa shape index (κ1) is 17.0. The van der Waals surface area contributed by atoms with Crippen molar-refractivity contribution in [2.45, 2.75) is 45.6 Å².